The molecule has 0 saturated heterocycles. The van der Waals surface area contributed by atoms with Crippen molar-refractivity contribution in [1.82, 2.24) is 10.2 Å². The molecule has 1 aliphatic heterocycles. The minimum Gasteiger partial charge on any atom is -0.480 e. The molecule has 0 radical (unpaired) electrons. The van der Waals surface area contributed by atoms with Crippen molar-refractivity contribution in [2.24, 2.45) is 0 Å². The molecule has 0 amide bonds. The Morgan fingerprint density at radius 3 is 2.75 bits per heavy atom. The Bertz CT molecular complexity index is 475. The third-order valence-corrected chi connectivity index (χ3v) is 4.38. The Morgan fingerprint density at radius 1 is 1.40 bits per heavy atom. The zero-order valence-electron chi connectivity index (χ0n) is 12.4. The van der Waals surface area contributed by atoms with Crippen LogP contribution >= 0.6 is 0 Å². The first-order chi connectivity index (χ1) is 9.55. The lowest BCUT2D eigenvalue weighted by molar-refractivity contribution is -0.144. The van der Waals surface area contributed by atoms with Crippen LogP contribution in [0.2, 0.25) is 0 Å². The lowest BCUT2D eigenvalue weighted by Crippen LogP contribution is -2.48. The summed E-state index contributed by atoms with van der Waals surface area (Å²) in [6, 6.07) is 8.58. The van der Waals surface area contributed by atoms with Gasteiger partial charge in [0.1, 0.15) is 5.54 Å². The smallest absolute Gasteiger partial charge is 0.323 e. The number of carboxylic acid groups (broad SMARTS) is 1. The van der Waals surface area contributed by atoms with Gasteiger partial charge in [0.05, 0.1) is 0 Å². The molecule has 0 saturated carbocycles. The van der Waals surface area contributed by atoms with Gasteiger partial charge >= 0.3 is 5.97 Å². The predicted octanol–water partition coefficient (Wildman–Crippen LogP) is 1.89. The molecule has 1 atom stereocenters. The van der Waals surface area contributed by atoms with E-state index >= 15 is 0 Å². The molecular formula is C16H24N2O2. The molecule has 2 rings (SSSR count). The Balaban J connectivity index is 1.83. The van der Waals surface area contributed by atoms with E-state index < -0.39 is 11.5 Å². The van der Waals surface area contributed by atoms with Gasteiger partial charge < -0.3 is 10.4 Å². The number of hydrogen-bond donors (Lipinski definition) is 2. The maximum atomic E-state index is 11.2. The number of carbonyl (C=O) groups is 1. The molecule has 20 heavy (non-hydrogen) atoms. The third kappa shape index (κ3) is 3.38. The number of aliphatic carboxylic acids is 1. The fraction of sp³-hybridized carbons (Fsp3) is 0.562. The summed E-state index contributed by atoms with van der Waals surface area (Å²) in [4.78, 5) is 13.6. The van der Waals surface area contributed by atoms with E-state index in [9.17, 15) is 9.90 Å². The number of fused-ring (bicyclic) bond motifs is 1. The molecule has 0 spiro atoms. The van der Waals surface area contributed by atoms with Gasteiger partial charge in [-0.3, -0.25) is 9.69 Å². The minimum absolute atomic E-state index is 0.650. The Hall–Kier alpha value is -1.39. The van der Waals surface area contributed by atoms with Crippen LogP contribution in [-0.2, 0) is 17.8 Å². The van der Waals surface area contributed by atoms with Gasteiger partial charge in [0.15, 0.2) is 0 Å². The topological polar surface area (TPSA) is 52.6 Å². The van der Waals surface area contributed by atoms with E-state index in [0.29, 0.717) is 6.42 Å². The summed E-state index contributed by atoms with van der Waals surface area (Å²) >= 11 is 0. The Labute approximate surface area is 120 Å². The normalized spacial score (nSPS) is 18.3. The quantitative estimate of drug-likeness (QED) is 0.833. The van der Waals surface area contributed by atoms with E-state index in [4.69, 9.17) is 0 Å². The van der Waals surface area contributed by atoms with Crippen LogP contribution in [0.5, 0.6) is 0 Å². The molecule has 0 aromatic heterocycles. The summed E-state index contributed by atoms with van der Waals surface area (Å²) in [7, 11) is 1.71. The summed E-state index contributed by atoms with van der Waals surface area (Å²) in [5.41, 5.74) is 2.05. The number of nitrogens with zero attached hydrogens (tertiary/aromatic N) is 1. The van der Waals surface area contributed by atoms with Crippen molar-refractivity contribution >= 4 is 5.97 Å². The molecule has 0 fully saturated rings. The highest BCUT2D eigenvalue weighted by Gasteiger charge is 2.30. The van der Waals surface area contributed by atoms with Crippen LogP contribution in [0.3, 0.4) is 0 Å². The zero-order valence-corrected chi connectivity index (χ0v) is 12.4. The number of nitrogens with one attached hydrogen (secondary N) is 1. The van der Waals surface area contributed by atoms with Gasteiger partial charge in [0, 0.05) is 13.1 Å². The highest BCUT2D eigenvalue weighted by molar-refractivity contribution is 5.78. The van der Waals surface area contributed by atoms with E-state index in [1.54, 1.807) is 14.0 Å². The molecule has 4 heteroatoms. The van der Waals surface area contributed by atoms with Crippen LogP contribution in [0, 0.1) is 0 Å². The molecule has 1 heterocycles. The van der Waals surface area contributed by atoms with Crippen molar-refractivity contribution in [2.75, 3.05) is 20.1 Å². The maximum Gasteiger partial charge on any atom is 0.323 e. The summed E-state index contributed by atoms with van der Waals surface area (Å²) in [6.45, 7) is 4.76. The molecule has 0 aliphatic carbocycles. The number of likely N-dealkylation sites (N-methyl/N-ethyl adjacent to an activating group) is 1. The van der Waals surface area contributed by atoms with Crippen molar-refractivity contribution in [1.29, 1.82) is 0 Å². The van der Waals surface area contributed by atoms with E-state index in [1.807, 2.05) is 0 Å². The Kier molecular flexibility index (Phi) is 4.78. The third-order valence-electron chi connectivity index (χ3n) is 4.38. The Morgan fingerprint density at radius 2 is 2.10 bits per heavy atom. The SMILES string of the molecule is CNC(C)(CCCN1CCc2ccccc2C1)C(=O)O. The summed E-state index contributed by atoms with van der Waals surface area (Å²) in [6.07, 6.45) is 2.64. The van der Waals surface area contributed by atoms with Crippen LogP contribution in [0.4, 0.5) is 0 Å². The molecule has 1 aliphatic rings. The lowest BCUT2D eigenvalue weighted by Gasteiger charge is -2.30. The van der Waals surface area contributed by atoms with Gasteiger partial charge in [0.25, 0.3) is 0 Å². The second-order valence-corrected chi connectivity index (χ2v) is 5.79. The van der Waals surface area contributed by atoms with Gasteiger partial charge in [-0.2, -0.15) is 0 Å². The monoisotopic (exact) mass is 276 g/mol. The number of carboxylic acids is 1. The van der Waals surface area contributed by atoms with Crippen LogP contribution in [-0.4, -0.2) is 41.7 Å². The van der Waals surface area contributed by atoms with Gasteiger partial charge in [-0.05, 0) is 50.9 Å². The van der Waals surface area contributed by atoms with Gasteiger partial charge in [-0.15, -0.1) is 0 Å². The molecule has 110 valence electrons. The van der Waals surface area contributed by atoms with Gasteiger partial charge in [-0.25, -0.2) is 0 Å². The fourth-order valence-electron chi connectivity index (χ4n) is 2.74. The molecule has 1 aromatic rings. The van der Waals surface area contributed by atoms with Crippen molar-refractivity contribution in [3.63, 3.8) is 0 Å². The first-order valence-electron chi connectivity index (χ1n) is 7.26. The predicted molar refractivity (Wildman–Crippen MR) is 79.8 cm³/mol. The lowest BCUT2D eigenvalue weighted by atomic mass is 9.95. The maximum absolute atomic E-state index is 11.2. The van der Waals surface area contributed by atoms with E-state index in [1.165, 1.54) is 11.1 Å². The average Bonchev–Trinajstić information content (AvgIpc) is 2.46. The standard InChI is InChI=1S/C16H24N2O2/c1-16(17-2,15(19)20)9-5-10-18-11-8-13-6-3-4-7-14(13)12-18/h3-4,6-7,17H,5,8-12H2,1-2H3,(H,19,20). The minimum atomic E-state index is -0.812. The van der Waals surface area contributed by atoms with E-state index in [0.717, 1.165) is 32.5 Å². The largest absolute Gasteiger partial charge is 0.480 e. The van der Waals surface area contributed by atoms with Gasteiger partial charge in [-0.1, -0.05) is 24.3 Å². The van der Waals surface area contributed by atoms with Crippen LogP contribution < -0.4 is 5.32 Å². The fourth-order valence-corrected chi connectivity index (χ4v) is 2.74. The van der Waals surface area contributed by atoms with Gasteiger partial charge in [0.2, 0.25) is 0 Å². The van der Waals surface area contributed by atoms with E-state index in [-0.39, 0.29) is 0 Å². The molecule has 0 bridgehead atoms. The number of benzene rings is 1. The molecule has 1 unspecified atom stereocenters. The van der Waals surface area contributed by atoms with Crippen molar-refractivity contribution in [2.45, 2.75) is 38.3 Å². The number of hydrogen-bond acceptors (Lipinski definition) is 3. The first kappa shape index (κ1) is 15.0. The van der Waals surface area contributed by atoms with Crippen LogP contribution in [0.15, 0.2) is 24.3 Å². The van der Waals surface area contributed by atoms with Crippen LogP contribution in [0.25, 0.3) is 0 Å². The summed E-state index contributed by atoms with van der Waals surface area (Å²) < 4.78 is 0. The summed E-state index contributed by atoms with van der Waals surface area (Å²) in [5, 5.41) is 12.1. The van der Waals surface area contributed by atoms with Crippen molar-refractivity contribution in [3.05, 3.63) is 35.4 Å². The zero-order chi connectivity index (χ0) is 14.6. The molecule has 2 N–H and O–H groups in total. The highest BCUT2D eigenvalue weighted by atomic mass is 16.4. The van der Waals surface area contributed by atoms with E-state index in [2.05, 4.69) is 34.5 Å². The second-order valence-electron chi connectivity index (χ2n) is 5.79. The highest BCUT2D eigenvalue weighted by Crippen LogP contribution is 2.20. The first-order valence-corrected chi connectivity index (χ1v) is 7.26. The second kappa shape index (κ2) is 6.37. The van der Waals surface area contributed by atoms with Crippen molar-refractivity contribution < 1.29 is 9.90 Å². The molecular weight excluding hydrogens is 252 g/mol. The number of rotatable bonds is 6. The average molecular weight is 276 g/mol. The molecule has 1 aromatic carbocycles. The molecule has 4 nitrogen and oxygen atoms in total. The van der Waals surface area contributed by atoms with Crippen LogP contribution in [0.1, 0.15) is 30.9 Å². The van der Waals surface area contributed by atoms with Crippen molar-refractivity contribution in [3.8, 4) is 0 Å². The summed E-state index contributed by atoms with van der Waals surface area (Å²) in [5.74, 6) is -0.774.